The molecule has 1 aromatic carbocycles. The van der Waals surface area contributed by atoms with Crippen molar-refractivity contribution in [3.8, 4) is 11.8 Å². The van der Waals surface area contributed by atoms with E-state index in [-0.39, 0.29) is 17.4 Å². The Morgan fingerprint density at radius 1 is 1.64 bits per heavy atom. The van der Waals surface area contributed by atoms with Gasteiger partial charge in [0.2, 0.25) is 0 Å². The summed E-state index contributed by atoms with van der Waals surface area (Å²) in [6.07, 6.45) is 0.102. The number of benzene rings is 1. The first-order valence-electron chi connectivity index (χ1n) is 4.24. The largest absolute Gasteiger partial charge is 0.489 e. The molecule has 1 atom stereocenters. The lowest BCUT2D eigenvalue weighted by Crippen LogP contribution is -2.05. The molecule has 4 heteroatoms. The van der Waals surface area contributed by atoms with E-state index in [1.165, 1.54) is 12.1 Å². The second-order valence-corrected chi connectivity index (χ2v) is 2.99. The zero-order valence-electron chi connectivity index (χ0n) is 7.37. The summed E-state index contributed by atoms with van der Waals surface area (Å²) in [6, 6.07) is 6.09. The number of hydrogen-bond acceptors (Lipinski definition) is 3. The molecular formula is C10H8FNO2. The monoisotopic (exact) mass is 193 g/mol. The van der Waals surface area contributed by atoms with Crippen molar-refractivity contribution in [2.45, 2.75) is 6.10 Å². The average Bonchev–Trinajstić information content (AvgIpc) is 2.98. The lowest BCUT2D eigenvalue weighted by molar-refractivity contribution is 0.261. The Labute approximate surface area is 80.7 Å². The van der Waals surface area contributed by atoms with E-state index in [9.17, 15) is 4.39 Å². The summed E-state index contributed by atoms with van der Waals surface area (Å²) in [6.45, 7) is 1.05. The van der Waals surface area contributed by atoms with Crippen molar-refractivity contribution in [2.75, 3.05) is 13.2 Å². The van der Waals surface area contributed by atoms with Crippen LogP contribution in [0.3, 0.4) is 0 Å². The lowest BCUT2D eigenvalue weighted by Gasteiger charge is -2.05. The summed E-state index contributed by atoms with van der Waals surface area (Å²) in [5.74, 6) is -0.273. The highest BCUT2D eigenvalue weighted by Gasteiger charge is 2.23. The van der Waals surface area contributed by atoms with Crippen molar-refractivity contribution >= 4 is 0 Å². The SMILES string of the molecule is N#Cc1c(F)cccc1OC[C@@H]1CO1. The molecule has 3 nitrogen and oxygen atoms in total. The number of ether oxygens (including phenoxy) is 2. The van der Waals surface area contributed by atoms with Gasteiger partial charge in [0.15, 0.2) is 0 Å². The molecule has 1 saturated heterocycles. The highest BCUT2D eigenvalue weighted by atomic mass is 19.1. The molecule has 1 aromatic rings. The van der Waals surface area contributed by atoms with Crippen molar-refractivity contribution < 1.29 is 13.9 Å². The van der Waals surface area contributed by atoms with Gasteiger partial charge in [-0.05, 0) is 12.1 Å². The molecule has 0 bridgehead atoms. The maximum absolute atomic E-state index is 13.1. The number of nitrogens with zero attached hydrogens (tertiary/aromatic N) is 1. The summed E-state index contributed by atoms with van der Waals surface area (Å²) in [5.41, 5.74) is -0.0480. The van der Waals surface area contributed by atoms with Gasteiger partial charge in [-0.15, -0.1) is 0 Å². The second-order valence-electron chi connectivity index (χ2n) is 2.99. The highest BCUT2D eigenvalue weighted by molar-refractivity contribution is 5.43. The van der Waals surface area contributed by atoms with Crippen molar-refractivity contribution in [3.63, 3.8) is 0 Å². The van der Waals surface area contributed by atoms with E-state index in [4.69, 9.17) is 14.7 Å². The maximum Gasteiger partial charge on any atom is 0.144 e. The van der Waals surface area contributed by atoms with Gasteiger partial charge in [-0.25, -0.2) is 4.39 Å². The highest BCUT2D eigenvalue weighted by Crippen LogP contribution is 2.21. The fourth-order valence-corrected chi connectivity index (χ4v) is 1.08. The summed E-state index contributed by atoms with van der Waals surface area (Å²) in [4.78, 5) is 0. The molecule has 0 spiro atoms. The second kappa shape index (κ2) is 3.64. The van der Waals surface area contributed by atoms with Gasteiger partial charge in [0.05, 0.1) is 6.61 Å². The van der Waals surface area contributed by atoms with Crippen LogP contribution >= 0.6 is 0 Å². The van der Waals surface area contributed by atoms with Crippen LogP contribution in [-0.4, -0.2) is 19.3 Å². The van der Waals surface area contributed by atoms with Crippen LogP contribution in [0.1, 0.15) is 5.56 Å². The summed E-state index contributed by atoms with van der Waals surface area (Å²) >= 11 is 0. The molecule has 1 aliphatic heterocycles. The first kappa shape index (κ1) is 8.97. The molecule has 0 unspecified atom stereocenters. The fraction of sp³-hybridized carbons (Fsp3) is 0.300. The molecule has 1 aliphatic rings. The molecule has 0 saturated carbocycles. The topological polar surface area (TPSA) is 45.5 Å². The van der Waals surface area contributed by atoms with Gasteiger partial charge < -0.3 is 9.47 Å². The predicted molar refractivity (Wildman–Crippen MR) is 46.4 cm³/mol. The van der Waals surface area contributed by atoms with E-state index >= 15 is 0 Å². The number of halogens is 1. The number of nitriles is 1. The predicted octanol–water partition coefficient (Wildman–Crippen LogP) is 1.47. The number of epoxide rings is 1. The van der Waals surface area contributed by atoms with E-state index in [2.05, 4.69) is 0 Å². The summed E-state index contributed by atoms with van der Waals surface area (Å²) < 4.78 is 23.2. The standard InChI is InChI=1S/C10H8FNO2/c11-9-2-1-3-10(8(9)4-12)14-6-7-5-13-7/h1-3,7H,5-6H2/t7-/m0/s1. The first-order chi connectivity index (χ1) is 6.81. The van der Waals surface area contributed by atoms with Crippen molar-refractivity contribution in [1.29, 1.82) is 5.26 Å². The third kappa shape index (κ3) is 1.83. The molecule has 0 amide bonds. The molecule has 14 heavy (non-hydrogen) atoms. The molecule has 0 radical (unpaired) electrons. The fourth-order valence-electron chi connectivity index (χ4n) is 1.08. The van der Waals surface area contributed by atoms with Crippen molar-refractivity contribution in [1.82, 2.24) is 0 Å². The third-order valence-electron chi connectivity index (χ3n) is 1.91. The minimum atomic E-state index is -0.554. The van der Waals surface area contributed by atoms with Crippen LogP contribution in [0.15, 0.2) is 18.2 Å². The first-order valence-corrected chi connectivity index (χ1v) is 4.24. The Morgan fingerprint density at radius 2 is 2.43 bits per heavy atom. The summed E-state index contributed by atoms with van der Waals surface area (Å²) in [5, 5.41) is 8.68. The van der Waals surface area contributed by atoms with Gasteiger partial charge in [0, 0.05) is 0 Å². The zero-order valence-corrected chi connectivity index (χ0v) is 7.37. The Morgan fingerprint density at radius 3 is 3.07 bits per heavy atom. The molecule has 72 valence electrons. The molecular weight excluding hydrogens is 185 g/mol. The van der Waals surface area contributed by atoms with E-state index in [0.29, 0.717) is 13.2 Å². The molecule has 0 N–H and O–H groups in total. The van der Waals surface area contributed by atoms with Crippen LogP contribution in [0, 0.1) is 17.1 Å². The van der Waals surface area contributed by atoms with Crippen LogP contribution in [0.25, 0.3) is 0 Å². The van der Waals surface area contributed by atoms with E-state index < -0.39 is 5.82 Å². The molecule has 0 aliphatic carbocycles. The minimum absolute atomic E-state index is 0.0480. The Kier molecular flexibility index (Phi) is 2.33. The van der Waals surface area contributed by atoms with Gasteiger partial charge in [0.1, 0.15) is 35.9 Å². The Bertz CT molecular complexity index is 382. The average molecular weight is 193 g/mol. The normalized spacial score (nSPS) is 18.7. The van der Waals surface area contributed by atoms with Crippen LogP contribution in [0.4, 0.5) is 4.39 Å². The Hall–Kier alpha value is -1.60. The smallest absolute Gasteiger partial charge is 0.144 e. The quantitative estimate of drug-likeness (QED) is 0.683. The van der Waals surface area contributed by atoms with E-state index in [1.807, 2.05) is 0 Å². The number of hydrogen-bond donors (Lipinski definition) is 0. The maximum atomic E-state index is 13.1. The van der Waals surface area contributed by atoms with Crippen molar-refractivity contribution in [2.24, 2.45) is 0 Å². The van der Waals surface area contributed by atoms with Crippen LogP contribution in [0.5, 0.6) is 5.75 Å². The van der Waals surface area contributed by atoms with Crippen molar-refractivity contribution in [3.05, 3.63) is 29.6 Å². The minimum Gasteiger partial charge on any atom is -0.489 e. The van der Waals surface area contributed by atoms with Crippen LogP contribution < -0.4 is 4.74 Å². The third-order valence-corrected chi connectivity index (χ3v) is 1.91. The van der Waals surface area contributed by atoms with Gasteiger partial charge in [-0.2, -0.15) is 5.26 Å². The van der Waals surface area contributed by atoms with Crippen LogP contribution in [0.2, 0.25) is 0 Å². The van der Waals surface area contributed by atoms with Gasteiger partial charge in [-0.1, -0.05) is 6.07 Å². The van der Waals surface area contributed by atoms with Gasteiger partial charge in [-0.3, -0.25) is 0 Å². The molecule has 0 aromatic heterocycles. The zero-order chi connectivity index (χ0) is 9.97. The van der Waals surface area contributed by atoms with Gasteiger partial charge >= 0.3 is 0 Å². The summed E-state index contributed by atoms with van der Waals surface area (Å²) in [7, 11) is 0. The Balaban J connectivity index is 2.14. The van der Waals surface area contributed by atoms with Crippen LogP contribution in [-0.2, 0) is 4.74 Å². The number of rotatable bonds is 3. The van der Waals surface area contributed by atoms with E-state index in [0.717, 1.165) is 0 Å². The lowest BCUT2D eigenvalue weighted by atomic mass is 10.2. The molecule has 1 heterocycles. The van der Waals surface area contributed by atoms with E-state index in [1.54, 1.807) is 12.1 Å². The van der Waals surface area contributed by atoms with Gasteiger partial charge in [0.25, 0.3) is 0 Å². The molecule has 2 rings (SSSR count). The molecule has 1 fully saturated rings.